The molecule has 0 spiro atoms. The van der Waals surface area contributed by atoms with E-state index in [2.05, 4.69) is 16.9 Å². The molecule has 1 fully saturated rings. The Morgan fingerprint density at radius 2 is 1.73 bits per heavy atom. The molecule has 0 saturated carbocycles. The third-order valence-corrected chi connectivity index (χ3v) is 6.35. The van der Waals surface area contributed by atoms with E-state index in [1.807, 2.05) is 46.8 Å². The van der Waals surface area contributed by atoms with Gasteiger partial charge in [-0.25, -0.2) is 4.68 Å². The number of nitro groups is 1. The first kappa shape index (κ1) is 22.7. The van der Waals surface area contributed by atoms with Crippen molar-refractivity contribution in [3.8, 4) is 5.69 Å². The third-order valence-electron chi connectivity index (χ3n) is 6.35. The van der Waals surface area contributed by atoms with Crippen LogP contribution < -0.4 is 0 Å². The van der Waals surface area contributed by atoms with Gasteiger partial charge in [0.2, 0.25) is 5.91 Å². The first-order chi connectivity index (χ1) is 15.8. The van der Waals surface area contributed by atoms with Gasteiger partial charge in [-0.3, -0.25) is 24.5 Å². The second kappa shape index (κ2) is 9.14. The maximum Gasteiger partial charge on any atom is 0.309 e. The Morgan fingerprint density at radius 1 is 1.06 bits per heavy atom. The predicted octanol–water partition coefficient (Wildman–Crippen LogP) is 2.81. The minimum absolute atomic E-state index is 0.0683. The molecule has 10 nitrogen and oxygen atoms in total. The fraction of sp³-hybridized carbons (Fsp3) is 0.435. The number of hydrogen-bond acceptors (Lipinski definition) is 6. The van der Waals surface area contributed by atoms with Gasteiger partial charge in [0.25, 0.3) is 0 Å². The van der Waals surface area contributed by atoms with Crippen molar-refractivity contribution in [2.24, 2.45) is 0 Å². The molecule has 3 heterocycles. The van der Waals surface area contributed by atoms with Crippen molar-refractivity contribution < 1.29 is 9.72 Å². The first-order valence-corrected chi connectivity index (χ1v) is 11.1. The van der Waals surface area contributed by atoms with Gasteiger partial charge >= 0.3 is 5.69 Å². The standard InChI is InChI=1S/C23H29N7O3/c1-16-21(18(3)29(25-16)20-8-6-5-7-9-20)14-26-10-12-27(13-11-26)23(31)19(4)28-15-22(30(32)33)17(2)24-28/h5-9,15,19H,10-14H2,1-4H3. The van der Waals surface area contributed by atoms with Gasteiger partial charge in [-0.05, 0) is 39.8 Å². The molecular formula is C23H29N7O3. The van der Waals surface area contributed by atoms with Crippen molar-refractivity contribution in [2.45, 2.75) is 40.3 Å². The molecule has 174 valence electrons. The summed E-state index contributed by atoms with van der Waals surface area (Å²) in [6.45, 7) is 10.9. The number of carbonyl (C=O) groups excluding carboxylic acids is 1. The van der Waals surface area contributed by atoms with Crippen LogP contribution in [-0.2, 0) is 11.3 Å². The van der Waals surface area contributed by atoms with E-state index in [0.29, 0.717) is 18.8 Å². The molecule has 4 rings (SSSR count). The van der Waals surface area contributed by atoms with Crippen LogP contribution in [0.5, 0.6) is 0 Å². The third kappa shape index (κ3) is 4.51. The summed E-state index contributed by atoms with van der Waals surface area (Å²) in [5.41, 5.74) is 4.64. The van der Waals surface area contributed by atoms with Crippen LogP contribution in [0, 0.1) is 30.9 Å². The van der Waals surface area contributed by atoms with E-state index in [9.17, 15) is 14.9 Å². The molecule has 10 heteroatoms. The lowest BCUT2D eigenvalue weighted by molar-refractivity contribution is -0.385. The minimum atomic E-state index is -0.586. The number of nitrogens with zero attached hydrogens (tertiary/aromatic N) is 7. The Morgan fingerprint density at radius 3 is 2.33 bits per heavy atom. The minimum Gasteiger partial charge on any atom is -0.338 e. The molecule has 1 amide bonds. The van der Waals surface area contributed by atoms with Crippen LogP contribution >= 0.6 is 0 Å². The quantitative estimate of drug-likeness (QED) is 0.422. The van der Waals surface area contributed by atoms with E-state index in [-0.39, 0.29) is 11.6 Å². The molecule has 1 aliphatic heterocycles. The van der Waals surface area contributed by atoms with Crippen molar-refractivity contribution in [1.82, 2.24) is 29.4 Å². The van der Waals surface area contributed by atoms with E-state index in [0.717, 1.165) is 36.7 Å². The van der Waals surface area contributed by atoms with Crippen molar-refractivity contribution >= 4 is 11.6 Å². The maximum absolute atomic E-state index is 13.0. The fourth-order valence-corrected chi connectivity index (χ4v) is 4.30. The summed E-state index contributed by atoms with van der Waals surface area (Å²) in [7, 11) is 0. The molecule has 1 aromatic carbocycles. The highest BCUT2D eigenvalue weighted by atomic mass is 16.6. The second-order valence-electron chi connectivity index (χ2n) is 8.51. The van der Waals surface area contributed by atoms with Gasteiger partial charge in [-0.2, -0.15) is 10.2 Å². The van der Waals surface area contributed by atoms with E-state index >= 15 is 0 Å². The summed E-state index contributed by atoms with van der Waals surface area (Å²) < 4.78 is 3.38. The molecule has 1 atom stereocenters. The van der Waals surface area contributed by atoms with Gasteiger partial charge in [0.1, 0.15) is 17.9 Å². The monoisotopic (exact) mass is 451 g/mol. The lowest BCUT2D eigenvalue weighted by Crippen LogP contribution is -2.50. The lowest BCUT2D eigenvalue weighted by Gasteiger charge is -2.36. The van der Waals surface area contributed by atoms with Crippen LogP contribution in [0.2, 0.25) is 0 Å². The normalized spacial score (nSPS) is 15.6. The Kier molecular flexibility index (Phi) is 6.28. The zero-order chi connectivity index (χ0) is 23.7. The van der Waals surface area contributed by atoms with E-state index < -0.39 is 11.0 Å². The van der Waals surface area contributed by atoms with Gasteiger partial charge in [0.15, 0.2) is 0 Å². The van der Waals surface area contributed by atoms with Crippen LogP contribution in [0.4, 0.5) is 5.69 Å². The molecule has 0 radical (unpaired) electrons. The molecule has 2 aromatic heterocycles. The largest absolute Gasteiger partial charge is 0.338 e. The highest BCUT2D eigenvalue weighted by Crippen LogP contribution is 2.22. The summed E-state index contributed by atoms with van der Waals surface area (Å²) >= 11 is 0. The second-order valence-corrected chi connectivity index (χ2v) is 8.51. The topological polar surface area (TPSA) is 102 Å². The van der Waals surface area contributed by atoms with Crippen LogP contribution in [0.1, 0.15) is 35.6 Å². The van der Waals surface area contributed by atoms with E-state index in [1.54, 1.807) is 13.8 Å². The van der Waals surface area contributed by atoms with Crippen molar-refractivity contribution in [1.29, 1.82) is 0 Å². The molecule has 0 bridgehead atoms. The average molecular weight is 452 g/mol. The number of amides is 1. The molecule has 1 saturated heterocycles. The average Bonchev–Trinajstić information content (AvgIpc) is 3.34. The number of hydrogen-bond donors (Lipinski definition) is 0. The number of aryl methyl sites for hydroxylation is 2. The summed E-state index contributed by atoms with van der Waals surface area (Å²) in [6, 6.07) is 9.51. The summed E-state index contributed by atoms with van der Waals surface area (Å²) in [5, 5.41) is 20.0. The van der Waals surface area contributed by atoms with Gasteiger partial charge < -0.3 is 4.90 Å². The number of aromatic nitrogens is 4. The smallest absolute Gasteiger partial charge is 0.309 e. The Labute approximate surface area is 192 Å². The van der Waals surface area contributed by atoms with Crippen molar-refractivity contribution in [2.75, 3.05) is 26.2 Å². The summed E-state index contributed by atoms with van der Waals surface area (Å²) in [4.78, 5) is 27.8. The van der Waals surface area contributed by atoms with Crippen LogP contribution in [0.25, 0.3) is 5.69 Å². The molecule has 1 aliphatic rings. The first-order valence-electron chi connectivity index (χ1n) is 11.1. The zero-order valence-corrected chi connectivity index (χ0v) is 19.4. The number of piperazine rings is 1. The van der Waals surface area contributed by atoms with Crippen LogP contribution in [0.3, 0.4) is 0 Å². The van der Waals surface area contributed by atoms with Crippen LogP contribution in [0.15, 0.2) is 36.5 Å². The zero-order valence-electron chi connectivity index (χ0n) is 19.4. The van der Waals surface area contributed by atoms with Gasteiger partial charge in [0, 0.05) is 44.0 Å². The number of rotatable bonds is 6. The Bertz CT molecular complexity index is 1160. The summed E-state index contributed by atoms with van der Waals surface area (Å²) in [6.07, 6.45) is 1.34. The lowest BCUT2D eigenvalue weighted by atomic mass is 10.1. The Hall–Kier alpha value is -3.53. The fourth-order valence-electron chi connectivity index (χ4n) is 4.30. The van der Waals surface area contributed by atoms with Gasteiger partial charge in [0.05, 0.1) is 16.3 Å². The number of para-hydroxylation sites is 1. The number of benzene rings is 1. The number of carbonyl (C=O) groups is 1. The molecule has 33 heavy (non-hydrogen) atoms. The SMILES string of the molecule is Cc1nn(C(C)C(=O)N2CCN(Cc3c(C)nn(-c4ccccc4)c3C)CC2)cc1[N+](=O)[O-]. The molecular weight excluding hydrogens is 422 g/mol. The Balaban J connectivity index is 1.38. The summed E-state index contributed by atoms with van der Waals surface area (Å²) in [5.74, 6) is -0.0729. The van der Waals surface area contributed by atoms with Crippen LogP contribution in [-0.4, -0.2) is 66.4 Å². The van der Waals surface area contributed by atoms with E-state index in [4.69, 9.17) is 5.10 Å². The van der Waals surface area contributed by atoms with Gasteiger partial charge in [-0.1, -0.05) is 18.2 Å². The van der Waals surface area contributed by atoms with E-state index in [1.165, 1.54) is 16.4 Å². The molecule has 0 aliphatic carbocycles. The highest BCUT2D eigenvalue weighted by molar-refractivity contribution is 5.80. The predicted molar refractivity (Wildman–Crippen MR) is 123 cm³/mol. The van der Waals surface area contributed by atoms with Crippen molar-refractivity contribution in [3.05, 3.63) is 69.3 Å². The highest BCUT2D eigenvalue weighted by Gasteiger charge is 2.29. The molecule has 0 N–H and O–H groups in total. The molecule has 3 aromatic rings. The van der Waals surface area contributed by atoms with Crippen molar-refractivity contribution in [3.63, 3.8) is 0 Å². The maximum atomic E-state index is 13.0. The van der Waals surface area contributed by atoms with Gasteiger partial charge in [-0.15, -0.1) is 0 Å². The molecule has 1 unspecified atom stereocenters.